The molecular weight excluding hydrogens is 222 g/mol. The molecule has 84 valence electrons. The van der Waals surface area contributed by atoms with Crippen molar-refractivity contribution in [1.82, 2.24) is 5.32 Å². The van der Waals surface area contributed by atoms with E-state index in [1.54, 1.807) is 6.07 Å². The smallest absolute Gasteiger partial charge is 0.103 e. The molecule has 1 saturated carbocycles. The van der Waals surface area contributed by atoms with Crippen LogP contribution >= 0.6 is 11.6 Å². The topological polar surface area (TPSA) is 47.9 Å². The van der Waals surface area contributed by atoms with Crippen molar-refractivity contribution < 1.29 is 0 Å². The van der Waals surface area contributed by atoms with Crippen LogP contribution in [0.3, 0.4) is 0 Å². The Morgan fingerprint density at radius 1 is 1.38 bits per heavy atom. The highest BCUT2D eigenvalue weighted by atomic mass is 35.5. The minimum Gasteiger partial charge on any atom is -0.383 e. The van der Waals surface area contributed by atoms with Gasteiger partial charge in [-0.2, -0.15) is 5.26 Å². The maximum Gasteiger partial charge on any atom is 0.103 e. The summed E-state index contributed by atoms with van der Waals surface area (Å²) in [6, 6.07) is 8.28. The quantitative estimate of drug-likeness (QED) is 0.771. The van der Waals surface area contributed by atoms with E-state index in [9.17, 15) is 0 Å². The molecule has 0 spiro atoms. The number of rotatable bonds is 5. The van der Waals surface area contributed by atoms with Crippen LogP contribution in [0.2, 0.25) is 5.02 Å². The van der Waals surface area contributed by atoms with E-state index in [4.69, 9.17) is 16.9 Å². The summed E-state index contributed by atoms with van der Waals surface area (Å²) >= 11 is 5.92. The molecular formula is C12H14ClN3. The van der Waals surface area contributed by atoms with Crippen molar-refractivity contribution in [1.29, 1.82) is 5.26 Å². The molecule has 0 aliphatic heterocycles. The van der Waals surface area contributed by atoms with Crippen LogP contribution in [0.1, 0.15) is 18.4 Å². The SMILES string of the molecule is N#Cc1c(Cl)cccc1NCCNC1CC1. The van der Waals surface area contributed by atoms with Crippen molar-refractivity contribution in [2.24, 2.45) is 0 Å². The van der Waals surface area contributed by atoms with Crippen LogP contribution in [0.5, 0.6) is 0 Å². The van der Waals surface area contributed by atoms with Gasteiger partial charge in [-0.1, -0.05) is 17.7 Å². The van der Waals surface area contributed by atoms with E-state index in [2.05, 4.69) is 16.7 Å². The molecule has 2 rings (SSSR count). The monoisotopic (exact) mass is 235 g/mol. The highest BCUT2D eigenvalue weighted by molar-refractivity contribution is 6.32. The third kappa shape index (κ3) is 2.88. The molecule has 4 heteroatoms. The number of benzene rings is 1. The Morgan fingerprint density at radius 3 is 2.88 bits per heavy atom. The number of nitriles is 1. The average molecular weight is 236 g/mol. The molecule has 0 radical (unpaired) electrons. The van der Waals surface area contributed by atoms with Gasteiger partial charge in [-0.25, -0.2) is 0 Å². The van der Waals surface area contributed by atoms with Crippen molar-refractivity contribution >= 4 is 17.3 Å². The predicted octanol–water partition coefficient (Wildman–Crippen LogP) is 2.38. The zero-order valence-corrected chi connectivity index (χ0v) is 9.72. The second kappa shape index (κ2) is 5.20. The van der Waals surface area contributed by atoms with Gasteiger partial charge >= 0.3 is 0 Å². The highest BCUT2D eigenvalue weighted by Gasteiger charge is 2.19. The molecule has 16 heavy (non-hydrogen) atoms. The molecule has 1 aromatic rings. The third-order valence-electron chi connectivity index (χ3n) is 2.58. The molecule has 0 heterocycles. The van der Waals surface area contributed by atoms with Gasteiger partial charge in [-0.15, -0.1) is 0 Å². The lowest BCUT2D eigenvalue weighted by atomic mass is 10.2. The minimum atomic E-state index is 0.502. The lowest BCUT2D eigenvalue weighted by Gasteiger charge is -2.09. The van der Waals surface area contributed by atoms with E-state index in [0.29, 0.717) is 10.6 Å². The summed E-state index contributed by atoms with van der Waals surface area (Å²) in [7, 11) is 0. The summed E-state index contributed by atoms with van der Waals surface area (Å²) in [4.78, 5) is 0. The maximum absolute atomic E-state index is 8.96. The zero-order chi connectivity index (χ0) is 11.4. The van der Waals surface area contributed by atoms with Crippen LogP contribution in [0, 0.1) is 11.3 Å². The number of anilines is 1. The van der Waals surface area contributed by atoms with Crippen LogP contribution in [-0.2, 0) is 0 Å². The first kappa shape index (κ1) is 11.3. The van der Waals surface area contributed by atoms with E-state index in [1.807, 2.05) is 12.1 Å². The fourth-order valence-corrected chi connectivity index (χ4v) is 1.76. The predicted molar refractivity (Wildman–Crippen MR) is 65.7 cm³/mol. The van der Waals surface area contributed by atoms with Crippen LogP contribution < -0.4 is 10.6 Å². The van der Waals surface area contributed by atoms with Crippen LogP contribution in [0.25, 0.3) is 0 Å². The summed E-state index contributed by atoms with van der Waals surface area (Å²) < 4.78 is 0. The number of nitrogens with one attached hydrogen (secondary N) is 2. The molecule has 0 bridgehead atoms. The minimum absolute atomic E-state index is 0.502. The molecule has 1 fully saturated rings. The molecule has 3 nitrogen and oxygen atoms in total. The van der Waals surface area contributed by atoms with Crippen molar-refractivity contribution in [2.45, 2.75) is 18.9 Å². The summed E-state index contributed by atoms with van der Waals surface area (Å²) in [6.45, 7) is 1.73. The Morgan fingerprint density at radius 2 is 2.19 bits per heavy atom. The summed E-state index contributed by atoms with van der Waals surface area (Å²) in [5, 5.41) is 16.1. The van der Waals surface area contributed by atoms with Crippen LogP contribution in [0.15, 0.2) is 18.2 Å². The number of hydrogen-bond donors (Lipinski definition) is 2. The molecule has 1 aliphatic carbocycles. The van der Waals surface area contributed by atoms with Crippen molar-refractivity contribution in [3.63, 3.8) is 0 Å². The first-order valence-corrected chi connectivity index (χ1v) is 5.85. The van der Waals surface area contributed by atoms with Gasteiger partial charge in [-0.05, 0) is 25.0 Å². The second-order valence-corrected chi connectivity index (χ2v) is 4.34. The van der Waals surface area contributed by atoms with Gasteiger partial charge in [0.05, 0.1) is 16.3 Å². The average Bonchev–Trinajstić information content (AvgIpc) is 3.08. The highest BCUT2D eigenvalue weighted by Crippen LogP contribution is 2.23. The van der Waals surface area contributed by atoms with Gasteiger partial charge in [-0.3, -0.25) is 0 Å². The maximum atomic E-state index is 8.96. The number of nitrogens with zero attached hydrogens (tertiary/aromatic N) is 1. The molecule has 2 N–H and O–H groups in total. The Bertz CT molecular complexity index is 407. The van der Waals surface area contributed by atoms with Gasteiger partial charge in [0.15, 0.2) is 0 Å². The standard InChI is InChI=1S/C12H14ClN3/c13-11-2-1-3-12(10(11)8-14)16-7-6-15-9-4-5-9/h1-3,9,15-16H,4-7H2. The van der Waals surface area contributed by atoms with Crippen LogP contribution in [0.4, 0.5) is 5.69 Å². The van der Waals surface area contributed by atoms with Crippen molar-refractivity contribution in [3.8, 4) is 6.07 Å². The Hall–Kier alpha value is -1.24. The van der Waals surface area contributed by atoms with Gasteiger partial charge < -0.3 is 10.6 Å². The van der Waals surface area contributed by atoms with E-state index >= 15 is 0 Å². The van der Waals surface area contributed by atoms with Crippen molar-refractivity contribution in [3.05, 3.63) is 28.8 Å². The van der Waals surface area contributed by atoms with Gasteiger partial charge in [0, 0.05) is 19.1 Å². The Balaban J connectivity index is 1.87. The molecule has 0 amide bonds. The second-order valence-electron chi connectivity index (χ2n) is 3.93. The number of halogens is 1. The zero-order valence-electron chi connectivity index (χ0n) is 8.96. The lowest BCUT2D eigenvalue weighted by Crippen LogP contribution is -2.24. The lowest BCUT2D eigenvalue weighted by molar-refractivity contribution is 0.701. The Kier molecular flexibility index (Phi) is 3.66. The molecule has 0 saturated heterocycles. The largest absolute Gasteiger partial charge is 0.383 e. The van der Waals surface area contributed by atoms with Crippen molar-refractivity contribution in [2.75, 3.05) is 18.4 Å². The number of hydrogen-bond acceptors (Lipinski definition) is 3. The molecule has 0 atom stereocenters. The van der Waals surface area contributed by atoms with E-state index in [-0.39, 0.29) is 0 Å². The first-order valence-electron chi connectivity index (χ1n) is 5.47. The molecule has 1 aromatic carbocycles. The van der Waals surface area contributed by atoms with E-state index in [1.165, 1.54) is 12.8 Å². The fourth-order valence-electron chi connectivity index (χ4n) is 1.55. The van der Waals surface area contributed by atoms with E-state index < -0.39 is 0 Å². The summed E-state index contributed by atoms with van der Waals surface area (Å²) in [6.07, 6.45) is 2.58. The third-order valence-corrected chi connectivity index (χ3v) is 2.89. The first-order chi connectivity index (χ1) is 7.81. The van der Waals surface area contributed by atoms with Gasteiger partial charge in [0.25, 0.3) is 0 Å². The fraction of sp³-hybridized carbons (Fsp3) is 0.417. The van der Waals surface area contributed by atoms with Gasteiger partial charge in [0.2, 0.25) is 0 Å². The van der Waals surface area contributed by atoms with Crippen LogP contribution in [-0.4, -0.2) is 19.1 Å². The van der Waals surface area contributed by atoms with E-state index in [0.717, 1.165) is 24.8 Å². The normalized spacial score (nSPS) is 14.5. The molecule has 0 aromatic heterocycles. The Labute approximate surface area is 100 Å². The summed E-state index contributed by atoms with van der Waals surface area (Å²) in [5.41, 5.74) is 1.34. The molecule has 1 aliphatic rings. The summed E-state index contributed by atoms with van der Waals surface area (Å²) in [5.74, 6) is 0. The van der Waals surface area contributed by atoms with Gasteiger partial charge in [0.1, 0.15) is 6.07 Å². The molecule has 0 unspecified atom stereocenters.